The number of thioether (sulfide) groups is 1. The summed E-state index contributed by atoms with van der Waals surface area (Å²) in [5.41, 5.74) is 1.88. The van der Waals surface area contributed by atoms with Gasteiger partial charge in [0.05, 0.1) is 11.6 Å². The quantitative estimate of drug-likeness (QED) is 0.677. The van der Waals surface area contributed by atoms with Crippen molar-refractivity contribution < 1.29 is 5.11 Å². The van der Waals surface area contributed by atoms with Crippen molar-refractivity contribution >= 4 is 38.6 Å². The number of pyridine rings is 1. The Morgan fingerprint density at radius 1 is 1.10 bits per heavy atom. The SMILES string of the molecule is OC(CSc1cccc(Br)c1)c1ccc2ncccc2c1. The largest absolute Gasteiger partial charge is 0.388 e. The third-order valence-corrected chi connectivity index (χ3v) is 4.78. The standard InChI is InChI=1S/C17H14BrNOS/c18-14-4-1-5-15(10-14)21-11-17(20)13-6-7-16-12(9-13)3-2-8-19-16/h1-10,17,20H,11H2. The van der Waals surface area contributed by atoms with E-state index in [4.69, 9.17) is 0 Å². The molecule has 1 heterocycles. The molecule has 106 valence electrons. The van der Waals surface area contributed by atoms with Crippen LogP contribution in [-0.4, -0.2) is 15.8 Å². The van der Waals surface area contributed by atoms with Gasteiger partial charge < -0.3 is 5.11 Å². The second-order valence-electron chi connectivity index (χ2n) is 4.74. The fraction of sp³-hybridized carbons (Fsp3) is 0.118. The molecule has 2 nitrogen and oxygen atoms in total. The van der Waals surface area contributed by atoms with Crippen molar-refractivity contribution in [3.05, 3.63) is 70.8 Å². The Bertz CT molecular complexity index is 762. The molecule has 0 saturated heterocycles. The third kappa shape index (κ3) is 3.64. The summed E-state index contributed by atoms with van der Waals surface area (Å²) in [6, 6.07) is 17.9. The van der Waals surface area contributed by atoms with Gasteiger partial charge in [0.1, 0.15) is 0 Å². The van der Waals surface area contributed by atoms with E-state index in [1.54, 1.807) is 18.0 Å². The van der Waals surface area contributed by atoms with E-state index in [-0.39, 0.29) is 0 Å². The van der Waals surface area contributed by atoms with Crippen LogP contribution in [0.4, 0.5) is 0 Å². The summed E-state index contributed by atoms with van der Waals surface area (Å²) >= 11 is 5.11. The number of rotatable bonds is 4. The van der Waals surface area contributed by atoms with Gasteiger partial charge in [-0.05, 0) is 42.0 Å². The topological polar surface area (TPSA) is 33.1 Å². The van der Waals surface area contributed by atoms with Crippen molar-refractivity contribution in [2.75, 3.05) is 5.75 Å². The maximum Gasteiger partial charge on any atom is 0.0884 e. The maximum absolute atomic E-state index is 10.4. The van der Waals surface area contributed by atoms with E-state index in [9.17, 15) is 5.11 Å². The summed E-state index contributed by atoms with van der Waals surface area (Å²) < 4.78 is 1.05. The Morgan fingerprint density at radius 2 is 2.00 bits per heavy atom. The van der Waals surface area contributed by atoms with Crippen LogP contribution in [0.2, 0.25) is 0 Å². The Hall–Kier alpha value is -1.36. The van der Waals surface area contributed by atoms with Gasteiger partial charge in [-0.1, -0.05) is 34.1 Å². The molecule has 1 aromatic heterocycles. The first-order chi connectivity index (χ1) is 10.2. The number of nitrogens with zero attached hydrogens (tertiary/aromatic N) is 1. The summed E-state index contributed by atoms with van der Waals surface area (Å²) in [6.45, 7) is 0. The average molecular weight is 360 g/mol. The first kappa shape index (κ1) is 14.6. The van der Waals surface area contributed by atoms with Gasteiger partial charge in [0, 0.05) is 26.7 Å². The second kappa shape index (κ2) is 6.60. The lowest BCUT2D eigenvalue weighted by Gasteiger charge is -2.11. The van der Waals surface area contributed by atoms with Crippen LogP contribution >= 0.6 is 27.7 Å². The van der Waals surface area contributed by atoms with Gasteiger partial charge in [0.25, 0.3) is 0 Å². The maximum atomic E-state index is 10.4. The van der Waals surface area contributed by atoms with Gasteiger partial charge in [-0.3, -0.25) is 4.98 Å². The third-order valence-electron chi connectivity index (χ3n) is 3.22. The molecule has 0 amide bonds. The van der Waals surface area contributed by atoms with Crippen LogP contribution in [0.25, 0.3) is 10.9 Å². The van der Waals surface area contributed by atoms with E-state index in [0.29, 0.717) is 5.75 Å². The second-order valence-corrected chi connectivity index (χ2v) is 6.75. The van der Waals surface area contributed by atoms with Crippen LogP contribution in [0.3, 0.4) is 0 Å². The molecule has 0 fully saturated rings. The highest BCUT2D eigenvalue weighted by atomic mass is 79.9. The van der Waals surface area contributed by atoms with Gasteiger partial charge in [-0.15, -0.1) is 11.8 Å². The molecule has 1 N–H and O–H groups in total. The van der Waals surface area contributed by atoms with E-state index in [2.05, 4.69) is 27.0 Å². The van der Waals surface area contributed by atoms with Gasteiger partial charge in [0.2, 0.25) is 0 Å². The summed E-state index contributed by atoms with van der Waals surface area (Å²) in [6.07, 6.45) is 1.29. The fourth-order valence-electron chi connectivity index (χ4n) is 2.13. The lowest BCUT2D eigenvalue weighted by Crippen LogP contribution is -2.00. The zero-order chi connectivity index (χ0) is 14.7. The van der Waals surface area contributed by atoms with Crippen LogP contribution < -0.4 is 0 Å². The molecule has 0 aliphatic carbocycles. The van der Waals surface area contributed by atoms with Gasteiger partial charge in [-0.2, -0.15) is 0 Å². The molecule has 4 heteroatoms. The van der Waals surface area contributed by atoms with E-state index in [1.807, 2.05) is 48.5 Å². The molecule has 21 heavy (non-hydrogen) atoms. The van der Waals surface area contributed by atoms with Crippen LogP contribution in [0.15, 0.2) is 70.2 Å². The molecule has 1 unspecified atom stereocenters. The van der Waals surface area contributed by atoms with Crippen molar-refractivity contribution in [3.63, 3.8) is 0 Å². The highest BCUT2D eigenvalue weighted by Crippen LogP contribution is 2.27. The number of benzene rings is 2. The number of halogens is 1. The summed E-state index contributed by atoms with van der Waals surface area (Å²) in [4.78, 5) is 5.44. The van der Waals surface area contributed by atoms with Gasteiger partial charge in [0.15, 0.2) is 0 Å². The molecule has 1 atom stereocenters. The Balaban J connectivity index is 1.73. The van der Waals surface area contributed by atoms with Crippen molar-refractivity contribution in [1.82, 2.24) is 4.98 Å². The molecule has 0 radical (unpaired) electrons. The zero-order valence-electron chi connectivity index (χ0n) is 11.2. The smallest absolute Gasteiger partial charge is 0.0884 e. The number of aliphatic hydroxyl groups excluding tert-OH is 1. The average Bonchev–Trinajstić information content (AvgIpc) is 2.52. The minimum Gasteiger partial charge on any atom is -0.388 e. The van der Waals surface area contributed by atoms with E-state index < -0.39 is 6.10 Å². The van der Waals surface area contributed by atoms with E-state index in [0.717, 1.165) is 25.8 Å². The van der Waals surface area contributed by atoms with E-state index in [1.165, 1.54) is 0 Å². The lowest BCUT2D eigenvalue weighted by atomic mass is 10.1. The summed E-state index contributed by atoms with van der Waals surface area (Å²) in [5.74, 6) is 0.627. The lowest BCUT2D eigenvalue weighted by molar-refractivity contribution is 0.204. The van der Waals surface area contributed by atoms with Crippen LogP contribution in [0.1, 0.15) is 11.7 Å². The Morgan fingerprint density at radius 3 is 2.86 bits per heavy atom. The normalized spacial score (nSPS) is 12.5. The van der Waals surface area contributed by atoms with Crippen LogP contribution in [-0.2, 0) is 0 Å². The predicted octanol–water partition coefficient (Wildman–Crippen LogP) is 4.82. The summed E-state index contributed by atoms with van der Waals surface area (Å²) in [5, 5.41) is 11.4. The highest BCUT2D eigenvalue weighted by Gasteiger charge is 2.09. The first-order valence-corrected chi connectivity index (χ1v) is 8.41. The van der Waals surface area contributed by atoms with Crippen molar-refractivity contribution in [2.24, 2.45) is 0 Å². The highest BCUT2D eigenvalue weighted by molar-refractivity contribution is 9.10. The molecule has 0 spiro atoms. The van der Waals surface area contributed by atoms with Gasteiger partial charge >= 0.3 is 0 Å². The molecule has 3 rings (SSSR count). The molecule has 3 aromatic rings. The molecule has 0 bridgehead atoms. The number of fused-ring (bicyclic) bond motifs is 1. The molecule has 0 saturated carbocycles. The van der Waals surface area contributed by atoms with Crippen LogP contribution in [0.5, 0.6) is 0 Å². The molecule has 0 aliphatic rings. The summed E-state index contributed by atoms with van der Waals surface area (Å²) in [7, 11) is 0. The molecular weight excluding hydrogens is 346 g/mol. The molecule has 2 aromatic carbocycles. The van der Waals surface area contributed by atoms with Crippen molar-refractivity contribution in [2.45, 2.75) is 11.0 Å². The number of aromatic nitrogens is 1. The number of hydrogen-bond acceptors (Lipinski definition) is 3. The number of hydrogen-bond donors (Lipinski definition) is 1. The molecule has 0 aliphatic heterocycles. The fourth-order valence-corrected chi connectivity index (χ4v) is 3.61. The Labute approximate surface area is 136 Å². The Kier molecular flexibility index (Phi) is 4.58. The molecular formula is C17H14BrNOS. The van der Waals surface area contributed by atoms with Gasteiger partial charge in [-0.25, -0.2) is 0 Å². The zero-order valence-corrected chi connectivity index (χ0v) is 13.6. The first-order valence-electron chi connectivity index (χ1n) is 6.63. The minimum absolute atomic E-state index is 0.487. The number of aliphatic hydroxyl groups is 1. The van der Waals surface area contributed by atoms with Crippen molar-refractivity contribution in [1.29, 1.82) is 0 Å². The predicted molar refractivity (Wildman–Crippen MR) is 91.6 cm³/mol. The van der Waals surface area contributed by atoms with E-state index >= 15 is 0 Å². The minimum atomic E-state index is -0.487. The van der Waals surface area contributed by atoms with Crippen molar-refractivity contribution in [3.8, 4) is 0 Å². The monoisotopic (exact) mass is 359 g/mol. The van der Waals surface area contributed by atoms with Crippen LogP contribution in [0, 0.1) is 0 Å².